The molecule has 34 heavy (non-hydrogen) atoms. The van der Waals surface area contributed by atoms with E-state index in [0.29, 0.717) is 51.3 Å². The number of alkyl halides is 3. The molecule has 2 aromatic carbocycles. The van der Waals surface area contributed by atoms with E-state index < -0.39 is 11.9 Å². The van der Waals surface area contributed by atoms with Crippen molar-refractivity contribution in [2.24, 2.45) is 0 Å². The van der Waals surface area contributed by atoms with Gasteiger partial charge in [0.15, 0.2) is 11.5 Å². The predicted molar refractivity (Wildman–Crippen MR) is 125 cm³/mol. The molecule has 0 spiro atoms. The van der Waals surface area contributed by atoms with Crippen molar-refractivity contribution >= 4 is 16.9 Å². The Kier molecular flexibility index (Phi) is 5.95. The van der Waals surface area contributed by atoms with Crippen molar-refractivity contribution in [1.82, 2.24) is 14.9 Å². The molecule has 3 heterocycles. The maximum absolute atomic E-state index is 13.8. The van der Waals surface area contributed by atoms with Crippen molar-refractivity contribution < 1.29 is 17.8 Å². The molecule has 0 bridgehead atoms. The number of hydrogen-bond acceptors (Lipinski definition) is 5. The number of para-hydroxylation sites is 2. The van der Waals surface area contributed by atoms with Crippen LogP contribution >= 0.6 is 0 Å². The topological polar surface area (TPSA) is 55.3 Å². The van der Waals surface area contributed by atoms with E-state index in [1.165, 1.54) is 5.56 Å². The second-order valence-electron chi connectivity index (χ2n) is 9.46. The standard InChI is InChI=1S/C25H28F3N5O/c1-18-6-8-19(9-7-18)17-33(34)14-12-31(13-15-33)20-10-11-32(16-20)24-23(25(26,27)28)29-21-4-2-3-5-22(21)30-24/h2-9,20H,10-17H2,1H3/t20-/m1/s1. The van der Waals surface area contributed by atoms with Crippen molar-refractivity contribution in [3.63, 3.8) is 0 Å². The van der Waals surface area contributed by atoms with E-state index in [-0.39, 0.29) is 22.0 Å². The Bertz CT molecular complexity index is 1160. The van der Waals surface area contributed by atoms with Crippen LogP contribution in [0.4, 0.5) is 19.0 Å². The SMILES string of the molecule is Cc1ccc(C[N+]2([O-])CCN([C@@H]3CCN(c4nc5ccccc5nc4C(F)(F)F)C3)CC2)cc1. The van der Waals surface area contributed by atoms with Crippen LogP contribution in [-0.2, 0) is 12.7 Å². The fraction of sp³-hybridized carbons (Fsp3) is 0.440. The number of benzene rings is 2. The molecule has 0 saturated carbocycles. The number of aryl methyl sites for hydroxylation is 1. The highest BCUT2D eigenvalue weighted by Crippen LogP contribution is 2.37. The Morgan fingerprint density at radius 1 is 0.971 bits per heavy atom. The molecule has 6 nitrogen and oxygen atoms in total. The second-order valence-corrected chi connectivity index (χ2v) is 9.46. The first-order valence-electron chi connectivity index (χ1n) is 11.7. The van der Waals surface area contributed by atoms with E-state index in [1.54, 1.807) is 29.2 Å². The lowest BCUT2D eigenvalue weighted by atomic mass is 10.1. The maximum atomic E-state index is 13.8. The number of hydrogen-bond donors (Lipinski definition) is 0. The summed E-state index contributed by atoms with van der Waals surface area (Å²) in [6.45, 7) is 5.66. The van der Waals surface area contributed by atoms with Gasteiger partial charge in [0.2, 0.25) is 0 Å². The van der Waals surface area contributed by atoms with Gasteiger partial charge < -0.3 is 14.8 Å². The lowest BCUT2D eigenvalue weighted by Gasteiger charge is -2.49. The fourth-order valence-corrected chi connectivity index (χ4v) is 5.03. The fourth-order valence-electron chi connectivity index (χ4n) is 5.03. The largest absolute Gasteiger partial charge is 0.632 e. The molecule has 3 aromatic rings. The smallest absolute Gasteiger partial charge is 0.437 e. The van der Waals surface area contributed by atoms with Crippen molar-refractivity contribution in [3.8, 4) is 0 Å². The van der Waals surface area contributed by atoms with Crippen LogP contribution in [0.15, 0.2) is 48.5 Å². The summed E-state index contributed by atoms with van der Waals surface area (Å²) >= 11 is 0. The quantitative estimate of drug-likeness (QED) is 0.418. The lowest BCUT2D eigenvalue weighted by molar-refractivity contribution is -0.898. The molecule has 2 saturated heterocycles. The summed E-state index contributed by atoms with van der Waals surface area (Å²) in [5, 5.41) is 13.3. The number of rotatable bonds is 4. The van der Waals surface area contributed by atoms with Crippen LogP contribution < -0.4 is 4.90 Å². The molecular formula is C25H28F3N5O. The van der Waals surface area contributed by atoms with Crippen LogP contribution in [-0.4, -0.2) is 64.8 Å². The van der Waals surface area contributed by atoms with Gasteiger partial charge in [-0.3, -0.25) is 4.90 Å². The van der Waals surface area contributed by atoms with Gasteiger partial charge in [-0.25, -0.2) is 9.97 Å². The summed E-state index contributed by atoms with van der Waals surface area (Å²) in [5.74, 6) is -0.0981. The van der Waals surface area contributed by atoms with Crippen molar-refractivity contribution in [1.29, 1.82) is 0 Å². The van der Waals surface area contributed by atoms with Gasteiger partial charge in [0.25, 0.3) is 0 Å². The normalized spacial score (nSPS) is 21.3. The van der Waals surface area contributed by atoms with E-state index in [4.69, 9.17) is 0 Å². The summed E-state index contributed by atoms with van der Waals surface area (Å²) in [6.07, 6.45) is -3.84. The molecule has 0 radical (unpaired) electrons. The van der Waals surface area contributed by atoms with Gasteiger partial charge in [-0.1, -0.05) is 42.0 Å². The number of quaternary nitrogens is 1. The summed E-state index contributed by atoms with van der Waals surface area (Å²) < 4.78 is 41.1. The molecule has 0 amide bonds. The molecule has 5 rings (SSSR count). The molecule has 9 heteroatoms. The molecule has 2 aliphatic heterocycles. The van der Waals surface area contributed by atoms with Crippen LogP contribution in [0.5, 0.6) is 0 Å². The third-order valence-electron chi connectivity index (χ3n) is 6.98. The van der Waals surface area contributed by atoms with Crippen LogP contribution in [0, 0.1) is 12.1 Å². The van der Waals surface area contributed by atoms with Crippen molar-refractivity contribution in [2.45, 2.75) is 32.1 Å². The van der Waals surface area contributed by atoms with E-state index in [1.807, 2.05) is 31.2 Å². The number of fused-ring (bicyclic) bond motifs is 1. The van der Waals surface area contributed by atoms with Gasteiger partial charge in [-0.15, -0.1) is 0 Å². The summed E-state index contributed by atoms with van der Waals surface area (Å²) in [5.41, 5.74) is 1.97. The highest BCUT2D eigenvalue weighted by Gasteiger charge is 2.41. The summed E-state index contributed by atoms with van der Waals surface area (Å²) in [6, 6.07) is 14.8. The van der Waals surface area contributed by atoms with Gasteiger partial charge in [0, 0.05) is 37.8 Å². The summed E-state index contributed by atoms with van der Waals surface area (Å²) in [4.78, 5) is 12.2. The minimum Gasteiger partial charge on any atom is -0.632 e. The Hall–Kier alpha value is -2.75. The zero-order chi connectivity index (χ0) is 23.9. The number of piperazine rings is 1. The Morgan fingerprint density at radius 2 is 1.62 bits per heavy atom. The van der Waals surface area contributed by atoms with Gasteiger partial charge in [-0.2, -0.15) is 13.2 Å². The van der Waals surface area contributed by atoms with Gasteiger partial charge >= 0.3 is 6.18 Å². The third kappa shape index (κ3) is 4.73. The zero-order valence-corrected chi connectivity index (χ0v) is 19.1. The zero-order valence-electron chi connectivity index (χ0n) is 19.1. The molecule has 180 valence electrons. The monoisotopic (exact) mass is 471 g/mol. The average molecular weight is 472 g/mol. The van der Waals surface area contributed by atoms with E-state index >= 15 is 0 Å². The Balaban J connectivity index is 1.27. The van der Waals surface area contributed by atoms with Crippen LogP contribution in [0.3, 0.4) is 0 Å². The molecule has 1 aromatic heterocycles. The molecule has 0 aliphatic carbocycles. The molecule has 0 N–H and O–H groups in total. The highest BCUT2D eigenvalue weighted by molar-refractivity contribution is 5.76. The highest BCUT2D eigenvalue weighted by atomic mass is 19.4. The van der Waals surface area contributed by atoms with Crippen LogP contribution in [0.25, 0.3) is 11.0 Å². The Labute approximate surface area is 196 Å². The molecule has 1 atom stereocenters. The minimum atomic E-state index is -4.58. The second kappa shape index (κ2) is 8.79. The van der Waals surface area contributed by atoms with E-state index in [9.17, 15) is 18.4 Å². The molecular weight excluding hydrogens is 443 g/mol. The number of hydroxylamine groups is 3. The average Bonchev–Trinajstić information content (AvgIpc) is 3.30. The van der Waals surface area contributed by atoms with Crippen molar-refractivity contribution in [3.05, 3.63) is 70.6 Å². The van der Waals surface area contributed by atoms with Crippen LogP contribution in [0.1, 0.15) is 23.2 Å². The number of halogens is 3. The Morgan fingerprint density at radius 3 is 2.26 bits per heavy atom. The lowest BCUT2D eigenvalue weighted by Crippen LogP contribution is -2.58. The number of anilines is 1. The van der Waals surface area contributed by atoms with Gasteiger partial charge in [0.1, 0.15) is 6.54 Å². The van der Waals surface area contributed by atoms with Crippen LogP contribution in [0.2, 0.25) is 0 Å². The maximum Gasteiger partial charge on any atom is 0.437 e. The number of nitrogens with zero attached hydrogens (tertiary/aromatic N) is 5. The molecule has 0 unspecified atom stereocenters. The van der Waals surface area contributed by atoms with E-state index in [2.05, 4.69) is 14.9 Å². The summed E-state index contributed by atoms with van der Waals surface area (Å²) in [7, 11) is 0. The third-order valence-corrected chi connectivity index (χ3v) is 6.98. The molecule has 2 fully saturated rings. The molecule has 2 aliphatic rings. The number of aromatic nitrogens is 2. The van der Waals surface area contributed by atoms with Gasteiger partial charge in [-0.05, 0) is 25.5 Å². The first-order chi connectivity index (χ1) is 16.2. The predicted octanol–water partition coefficient (Wildman–Crippen LogP) is 4.37. The van der Waals surface area contributed by atoms with E-state index in [0.717, 1.165) is 12.0 Å². The van der Waals surface area contributed by atoms with Gasteiger partial charge in [0.05, 0.1) is 24.1 Å². The van der Waals surface area contributed by atoms with Crippen molar-refractivity contribution in [2.75, 3.05) is 44.2 Å². The first kappa shape index (κ1) is 23.0. The minimum absolute atomic E-state index is 0.0981. The first-order valence-corrected chi connectivity index (χ1v) is 11.7.